The molecule has 0 aliphatic rings. The first-order valence-electron chi connectivity index (χ1n) is 4.57. The summed E-state index contributed by atoms with van der Waals surface area (Å²) in [4.78, 5) is 0. The lowest BCUT2D eigenvalue weighted by molar-refractivity contribution is 0.299. The van der Waals surface area contributed by atoms with Crippen LogP contribution in [0.2, 0.25) is 5.02 Å². The van der Waals surface area contributed by atoms with Crippen molar-refractivity contribution >= 4 is 11.6 Å². The number of rotatable bonds is 5. The van der Waals surface area contributed by atoms with E-state index in [1.54, 1.807) is 6.07 Å². The Hall–Kier alpha value is -0.770. The summed E-state index contributed by atoms with van der Waals surface area (Å²) in [6, 6.07) is 7.36. The van der Waals surface area contributed by atoms with Gasteiger partial charge in [0, 0.05) is 12.6 Å². The Bertz CT molecular complexity index is 281. The summed E-state index contributed by atoms with van der Waals surface area (Å²) in [6.07, 6.45) is 0.738. The lowest BCUT2D eigenvalue weighted by Gasteiger charge is -2.10. The molecule has 0 aliphatic carbocycles. The Kier molecular flexibility index (Phi) is 4.73. The van der Waals surface area contributed by atoms with Crippen molar-refractivity contribution in [2.45, 2.75) is 12.5 Å². The van der Waals surface area contributed by atoms with Gasteiger partial charge in [-0.1, -0.05) is 23.7 Å². The molecule has 0 amide bonds. The number of nitrogens with two attached hydrogens (primary N) is 2. The predicted octanol–water partition coefficient (Wildman–Crippen LogP) is 1.39. The Labute approximate surface area is 89.0 Å². The van der Waals surface area contributed by atoms with Gasteiger partial charge in [0.25, 0.3) is 0 Å². The maximum Gasteiger partial charge on any atom is 0.137 e. The van der Waals surface area contributed by atoms with Gasteiger partial charge in [-0.2, -0.15) is 0 Å². The van der Waals surface area contributed by atoms with E-state index in [0.717, 1.165) is 6.42 Å². The van der Waals surface area contributed by atoms with Crippen molar-refractivity contribution in [3.8, 4) is 5.75 Å². The van der Waals surface area contributed by atoms with Gasteiger partial charge in [0.2, 0.25) is 0 Å². The fraction of sp³-hybridized carbons (Fsp3) is 0.400. The molecule has 0 saturated carbocycles. The molecule has 0 aliphatic heterocycles. The highest BCUT2D eigenvalue weighted by Crippen LogP contribution is 2.22. The molecule has 14 heavy (non-hydrogen) atoms. The Balaban J connectivity index is 2.35. The summed E-state index contributed by atoms with van der Waals surface area (Å²) in [6.45, 7) is 1.02. The van der Waals surface area contributed by atoms with E-state index in [1.807, 2.05) is 18.2 Å². The van der Waals surface area contributed by atoms with Gasteiger partial charge in [-0.05, 0) is 18.6 Å². The second-order valence-electron chi connectivity index (χ2n) is 3.06. The number of hydrogen-bond donors (Lipinski definition) is 2. The molecule has 0 fully saturated rings. The Morgan fingerprint density at radius 2 is 2.07 bits per heavy atom. The third-order valence-corrected chi connectivity index (χ3v) is 2.20. The van der Waals surface area contributed by atoms with Crippen LogP contribution in [-0.2, 0) is 0 Å². The van der Waals surface area contributed by atoms with Crippen LogP contribution in [0.15, 0.2) is 24.3 Å². The second kappa shape index (κ2) is 5.86. The predicted molar refractivity (Wildman–Crippen MR) is 58.6 cm³/mol. The van der Waals surface area contributed by atoms with Gasteiger partial charge in [0.1, 0.15) is 5.75 Å². The van der Waals surface area contributed by atoms with Crippen LogP contribution in [0.4, 0.5) is 0 Å². The van der Waals surface area contributed by atoms with Crippen molar-refractivity contribution in [3.63, 3.8) is 0 Å². The van der Waals surface area contributed by atoms with Crippen LogP contribution < -0.4 is 16.2 Å². The molecule has 1 rings (SSSR count). The molecule has 4 N–H and O–H groups in total. The highest BCUT2D eigenvalue weighted by molar-refractivity contribution is 6.32. The molecule has 1 atom stereocenters. The summed E-state index contributed by atoms with van der Waals surface area (Å²) < 4.78 is 5.44. The number of benzene rings is 1. The van der Waals surface area contributed by atoms with E-state index < -0.39 is 0 Å². The second-order valence-corrected chi connectivity index (χ2v) is 3.47. The number of halogens is 1. The third-order valence-electron chi connectivity index (χ3n) is 1.89. The van der Waals surface area contributed by atoms with Gasteiger partial charge in [-0.25, -0.2) is 0 Å². The van der Waals surface area contributed by atoms with Crippen LogP contribution in [0.3, 0.4) is 0 Å². The van der Waals surface area contributed by atoms with Crippen LogP contribution in [0.25, 0.3) is 0 Å². The maximum absolute atomic E-state index is 5.89. The standard InChI is InChI=1S/C10H15ClN2O/c11-9-3-1-2-4-10(9)14-6-5-8(13)7-12/h1-4,8H,5-7,12-13H2. The number of ether oxygens (including phenoxy) is 1. The zero-order chi connectivity index (χ0) is 10.4. The van der Waals surface area contributed by atoms with E-state index in [1.165, 1.54) is 0 Å². The summed E-state index contributed by atoms with van der Waals surface area (Å²) in [5, 5.41) is 0.619. The van der Waals surface area contributed by atoms with E-state index in [2.05, 4.69) is 0 Å². The topological polar surface area (TPSA) is 61.3 Å². The molecule has 1 aromatic rings. The SMILES string of the molecule is NCC(N)CCOc1ccccc1Cl. The molecule has 1 unspecified atom stereocenters. The molecule has 0 bridgehead atoms. The van der Waals surface area contributed by atoms with Crippen molar-refractivity contribution < 1.29 is 4.74 Å². The van der Waals surface area contributed by atoms with Crippen molar-refractivity contribution in [3.05, 3.63) is 29.3 Å². The number of hydrogen-bond acceptors (Lipinski definition) is 3. The lowest BCUT2D eigenvalue weighted by Crippen LogP contribution is -2.31. The molecule has 4 heteroatoms. The molecule has 3 nitrogen and oxygen atoms in total. The fourth-order valence-corrected chi connectivity index (χ4v) is 1.19. The summed E-state index contributed by atoms with van der Waals surface area (Å²) in [7, 11) is 0. The molecular formula is C10H15ClN2O. The van der Waals surface area contributed by atoms with E-state index in [-0.39, 0.29) is 6.04 Å². The normalized spacial score (nSPS) is 12.5. The average molecular weight is 215 g/mol. The van der Waals surface area contributed by atoms with E-state index in [9.17, 15) is 0 Å². The number of para-hydroxylation sites is 1. The molecule has 0 saturated heterocycles. The zero-order valence-corrected chi connectivity index (χ0v) is 8.70. The first-order valence-corrected chi connectivity index (χ1v) is 4.95. The van der Waals surface area contributed by atoms with Gasteiger partial charge in [-0.3, -0.25) is 0 Å². The van der Waals surface area contributed by atoms with Crippen LogP contribution in [0.5, 0.6) is 5.75 Å². The molecule has 1 aromatic carbocycles. The van der Waals surface area contributed by atoms with E-state index in [0.29, 0.717) is 23.9 Å². The largest absolute Gasteiger partial charge is 0.492 e. The average Bonchev–Trinajstić information content (AvgIpc) is 2.20. The van der Waals surface area contributed by atoms with Crippen LogP contribution >= 0.6 is 11.6 Å². The van der Waals surface area contributed by atoms with Crippen molar-refractivity contribution in [2.24, 2.45) is 11.5 Å². The minimum atomic E-state index is -0.00233. The molecule has 78 valence electrons. The maximum atomic E-state index is 5.89. The van der Waals surface area contributed by atoms with Crippen molar-refractivity contribution in [1.82, 2.24) is 0 Å². The highest BCUT2D eigenvalue weighted by atomic mass is 35.5. The summed E-state index contributed by atoms with van der Waals surface area (Å²) >= 11 is 5.89. The summed E-state index contributed by atoms with van der Waals surface area (Å²) in [5.74, 6) is 0.693. The van der Waals surface area contributed by atoms with Gasteiger partial charge in [0.05, 0.1) is 11.6 Å². The molecule has 0 spiro atoms. The van der Waals surface area contributed by atoms with Gasteiger partial charge >= 0.3 is 0 Å². The monoisotopic (exact) mass is 214 g/mol. The molecule has 0 radical (unpaired) electrons. The first kappa shape index (κ1) is 11.3. The van der Waals surface area contributed by atoms with Gasteiger partial charge in [-0.15, -0.1) is 0 Å². The van der Waals surface area contributed by atoms with Crippen molar-refractivity contribution in [2.75, 3.05) is 13.2 Å². The molecule has 0 aromatic heterocycles. The van der Waals surface area contributed by atoms with E-state index >= 15 is 0 Å². The van der Waals surface area contributed by atoms with Gasteiger partial charge in [0.15, 0.2) is 0 Å². The third kappa shape index (κ3) is 3.54. The summed E-state index contributed by atoms with van der Waals surface area (Å²) in [5.41, 5.74) is 11.0. The molecule has 0 heterocycles. The van der Waals surface area contributed by atoms with Crippen LogP contribution in [0.1, 0.15) is 6.42 Å². The van der Waals surface area contributed by atoms with E-state index in [4.69, 9.17) is 27.8 Å². The fourth-order valence-electron chi connectivity index (χ4n) is 1.000. The van der Waals surface area contributed by atoms with Gasteiger partial charge < -0.3 is 16.2 Å². The Morgan fingerprint density at radius 3 is 2.71 bits per heavy atom. The van der Waals surface area contributed by atoms with Crippen molar-refractivity contribution in [1.29, 1.82) is 0 Å². The minimum Gasteiger partial charge on any atom is -0.492 e. The van der Waals surface area contributed by atoms with Crippen LogP contribution in [-0.4, -0.2) is 19.2 Å². The minimum absolute atomic E-state index is 0.00233. The zero-order valence-electron chi connectivity index (χ0n) is 7.95. The molecular weight excluding hydrogens is 200 g/mol. The smallest absolute Gasteiger partial charge is 0.137 e. The lowest BCUT2D eigenvalue weighted by atomic mass is 10.2. The highest BCUT2D eigenvalue weighted by Gasteiger charge is 2.02. The quantitative estimate of drug-likeness (QED) is 0.779. The Morgan fingerprint density at radius 1 is 1.36 bits per heavy atom. The first-order chi connectivity index (χ1) is 6.74. The van der Waals surface area contributed by atoms with Crippen LogP contribution in [0, 0.1) is 0 Å².